The van der Waals surface area contributed by atoms with Crippen LogP contribution in [0.5, 0.6) is 0 Å². The minimum absolute atomic E-state index is 0.0591. The molecular formula is C31H38F2N4O3. The molecule has 2 aromatic carbocycles. The zero-order valence-electron chi connectivity index (χ0n) is 23.5. The SMILES string of the molecule is C[C@H]1CN([C@@H](Cc2c[nH]c3ccccc23)C(=O)O)CCN1C(=O)[C@@H]1CN(C(C)(C)C)C[C@H]1c1ccc(F)cc1F. The van der Waals surface area contributed by atoms with Crippen LogP contribution in [0.4, 0.5) is 8.78 Å². The number of H-pyrrole nitrogens is 1. The van der Waals surface area contributed by atoms with Gasteiger partial charge >= 0.3 is 5.97 Å². The maximum Gasteiger partial charge on any atom is 0.321 e. The summed E-state index contributed by atoms with van der Waals surface area (Å²) in [7, 11) is 0. The van der Waals surface area contributed by atoms with E-state index in [9.17, 15) is 23.5 Å². The Hall–Kier alpha value is -3.30. The van der Waals surface area contributed by atoms with Gasteiger partial charge in [0.1, 0.15) is 17.7 Å². The van der Waals surface area contributed by atoms with Crippen LogP contribution in [0, 0.1) is 17.6 Å². The lowest BCUT2D eigenvalue weighted by Crippen LogP contribution is -2.59. The highest BCUT2D eigenvalue weighted by molar-refractivity contribution is 5.84. The van der Waals surface area contributed by atoms with Gasteiger partial charge < -0.3 is 15.0 Å². The summed E-state index contributed by atoms with van der Waals surface area (Å²) < 4.78 is 28.6. The van der Waals surface area contributed by atoms with Crippen molar-refractivity contribution >= 4 is 22.8 Å². The number of carboxylic acid groups (broad SMARTS) is 1. The number of carbonyl (C=O) groups excluding carboxylic acids is 1. The number of aromatic nitrogens is 1. The van der Waals surface area contributed by atoms with E-state index in [1.54, 1.807) is 0 Å². The fraction of sp³-hybridized carbons (Fsp3) is 0.484. The molecule has 9 heteroatoms. The second kappa shape index (κ2) is 10.9. The lowest BCUT2D eigenvalue weighted by molar-refractivity contribution is -0.147. The number of likely N-dealkylation sites (tertiary alicyclic amines) is 1. The van der Waals surface area contributed by atoms with E-state index in [0.29, 0.717) is 44.7 Å². The molecule has 2 saturated heterocycles. The number of rotatable bonds is 6. The molecule has 2 N–H and O–H groups in total. The minimum atomic E-state index is -0.888. The number of carboxylic acids is 1. The first-order valence-corrected chi connectivity index (χ1v) is 14.0. The van der Waals surface area contributed by atoms with Crippen LogP contribution >= 0.6 is 0 Å². The van der Waals surface area contributed by atoms with E-state index in [-0.39, 0.29) is 17.5 Å². The summed E-state index contributed by atoms with van der Waals surface area (Å²) in [4.78, 5) is 35.6. The van der Waals surface area contributed by atoms with Crippen molar-refractivity contribution in [1.82, 2.24) is 19.7 Å². The predicted molar refractivity (Wildman–Crippen MR) is 150 cm³/mol. The van der Waals surface area contributed by atoms with Gasteiger partial charge in [0, 0.05) is 79.8 Å². The summed E-state index contributed by atoms with van der Waals surface area (Å²) in [5.74, 6) is -3.09. The maximum atomic E-state index is 14.9. The molecule has 0 bridgehead atoms. The number of fused-ring (bicyclic) bond motifs is 1. The minimum Gasteiger partial charge on any atom is -0.480 e. The van der Waals surface area contributed by atoms with Crippen molar-refractivity contribution in [1.29, 1.82) is 0 Å². The van der Waals surface area contributed by atoms with Crippen molar-refractivity contribution in [3.8, 4) is 0 Å². The van der Waals surface area contributed by atoms with Crippen LogP contribution in [0.25, 0.3) is 10.9 Å². The Kier molecular flexibility index (Phi) is 7.72. The van der Waals surface area contributed by atoms with E-state index in [4.69, 9.17) is 0 Å². The lowest BCUT2D eigenvalue weighted by Gasteiger charge is -2.43. The molecule has 2 aliphatic heterocycles. The molecule has 0 radical (unpaired) electrons. The van der Waals surface area contributed by atoms with E-state index in [2.05, 4.69) is 30.7 Å². The number of para-hydroxylation sites is 1. The third-order valence-corrected chi connectivity index (χ3v) is 8.70. The topological polar surface area (TPSA) is 79.9 Å². The van der Waals surface area contributed by atoms with Gasteiger partial charge in [-0.3, -0.25) is 19.4 Å². The maximum absolute atomic E-state index is 14.9. The van der Waals surface area contributed by atoms with Crippen LogP contribution in [-0.4, -0.2) is 87.0 Å². The Morgan fingerprint density at radius 1 is 1.07 bits per heavy atom. The Bertz CT molecular complexity index is 1400. The number of nitrogens with zero attached hydrogens (tertiary/aromatic N) is 3. The normalized spacial score (nSPS) is 23.6. The third kappa shape index (κ3) is 5.49. The van der Waals surface area contributed by atoms with Gasteiger partial charge in [0.15, 0.2) is 0 Å². The molecule has 4 atom stereocenters. The molecule has 0 aliphatic carbocycles. The second-order valence-corrected chi connectivity index (χ2v) is 12.2. The Balaban J connectivity index is 1.33. The number of carbonyl (C=O) groups is 2. The van der Waals surface area contributed by atoms with Crippen molar-refractivity contribution < 1.29 is 23.5 Å². The quantitative estimate of drug-likeness (QED) is 0.471. The zero-order valence-corrected chi connectivity index (χ0v) is 23.5. The number of hydrogen-bond donors (Lipinski definition) is 2. The van der Waals surface area contributed by atoms with Crippen molar-refractivity contribution in [2.45, 2.75) is 57.7 Å². The number of aliphatic carboxylic acids is 1. The molecule has 2 fully saturated rings. The van der Waals surface area contributed by atoms with E-state index in [1.165, 1.54) is 12.1 Å². The van der Waals surface area contributed by atoms with Crippen LogP contribution in [0.1, 0.15) is 44.7 Å². The first kappa shape index (κ1) is 28.2. The number of nitrogens with one attached hydrogen (secondary N) is 1. The van der Waals surface area contributed by atoms with E-state index < -0.39 is 35.5 Å². The molecule has 2 aliphatic rings. The largest absolute Gasteiger partial charge is 0.480 e. The molecule has 1 aromatic heterocycles. The fourth-order valence-corrected chi connectivity index (χ4v) is 6.41. The standard InChI is InChI=1S/C31H38F2N4O3/c1-19-16-35(28(30(39)40)13-20-15-34-27-8-6-5-7-22(20)27)11-12-37(19)29(38)25-18-36(31(2,3)4)17-24(25)23-10-9-21(32)14-26(23)33/h5-10,14-15,19,24-25,28,34H,11-13,16-18H2,1-4H3,(H,39,40)/t19-,24-,25+,28-/m0/s1. The van der Waals surface area contributed by atoms with Gasteiger partial charge in [-0.1, -0.05) is 24.3 Å². The van der Waals surface area contributed by atoms with E-state index in [1.807, 2.05) is 47.2 Å². The van der Waals surface area contributed by atoms with E-state index >= 15 is 0 Å². The summed E-state index contributed by atoms with van der Waals surface area (Å²) in [6, 6.07) is 10.5. The molecular weight excluding hydrogens is 514 g/mol. The molecule has 40 heavy (non-hydrogen) atoms. The van der Waals surface area contributed by atoms with Crippen LogP contribution in [0.15, 0.2) is 48.7 Å². The predicted octanol–water partition coefficient (Wildman–Crippen LogP) is 4.49. The Morgan fingerprint density at radius 2 is 1.82 bits per heavy atom. The summed E-state index contributed by atoms with van der Waals surface area (Å²) in [6.45, 7) is 10.4. The van der Waals surface area contributed by atoms with Crippen LogP contribution in [0.3, 0.4) is 0 Å². The third-order valence-electron chi connectivity index (χ3n) is 8.70. The summed E-state index contributed by atoms with van der Waals surface area (Å²) in [5, 5.41) is 11.2. The van der Waals surface area contributed by atoms with Crippen LogP contribution in [-0.2, 0) is 16.0 Å². The number of aromatic amines is 1. The van der Waals surface area contributed by atoms with Gasteiger partial charge in [0.05, 0.1) is 5.92 Å². The highest BCUT2D eigenvalue weighted by atomic mass is 19.1. The van der Waals surface area contributed by atoms with Gasteiger partial charge in [-0.15, -0.1) is 0 Å². The fourth-order valence-electron chi connectivity index (χ4n) is 6.41. The summed E-state index contributed by atoms with van der Waals surface area (Å²) in [6.07, 6.45) is 2.23. The highest BCUT2D eigenvalue weighted by Crippen LogP contribution is 2.39. The molecule has 3 heterocycles. The first-order valence-electron chi connectivity index (χ1n) is 14.0. The average molecular weight is 553 g/mol. The van der Waals surface area contributed by atoms with Crippen molar-refractivity contribution in [3.63, 3.8) is 0 Å². The summed E-state index contributed by atoms with van der Waals surface area (Å²) >= 11 is 0. The molecule has 0 unspecified atom stereocenters. The highest BCUT2D eigenvalue weighted by Gasteiger charge is 2.46. The average Bonchev–Trinajstić information content (AvgIpc) is 3.52. The van der Waals surface area contributed by atoms with Gasteiger partial charge in [-0.2, -0.15) is 0 Å². The number of piperazine rings is 1. The van der Waals surface area contributed by atoms with Gasteiger partial charge in [-0.05, 0) is 51.0 Å². The second-order valence-electron chi connectivity index (χ2n) is 12.2. The number of halogens is 2. The Labute approximate surface area is 233 Å². The molecule has 7 nitrogen and oxygen atoms in total. The van der Waals surface area contributed by atoms with Crippen molar-refractivity contribution in [2.24, 2.45) is 5.92 Å². The molecule has 5 rings (SSSR count). The first-order chi connectivity index (χ1) is 18.9. The summed E-state index contributed by atoms with van der Waals surface area (Å²) in [5.41, 5.74) is 2.07. The molecule has 214 valence electrons. The monoisotopic (exact) mass is 552 g/mol. The number of benzene rings is 2. The zero-order chi connectivity index (χ0) is 28.8. The van der Waals surface area contributed by atoms with Gasteiger partial charge in [-0.25, -0.2) is 8.78 Å². The lowest BCUT2D eigenvalue weighted by atomic mass is 9.87. The van der Waals surface area contributed by atoms with Gasteiger partial charge in [0.25, 0.3) is 0 Å². The Morgan fingerprint density at radius 3 is 2.50 bits per heavy atom. The molecule has 0 saturated carbocycles. The van der Waals surface area contributed by atoms with Crippen LogP contribution < -0.4 is 0 Å². The van der Waals surface area contributed by atoms with Crippen molar-refractivity contribution in [3.05, 3.63) is 71.4 Å². The molecule has 1 amide bonds. The molecule has 3 aromatic rings. The number of amides is 1. The van der Waals surface area contributed by atoms with Crippen molar-refractivity contribution in [2.75, 3.05) is 32.7 Å². The smallest absolute Gasteiger partial charge is 0.321 e. The molecule has 0 spiro atoms. The van der Waals surface area contributed by atoms with Crippen LogP contribution in [0.2, 0.25) is 0 Å². The number of hydrogen-bond acceptors (Lipinski definition) is 4. The van der Waals surface area contributed by atoms with E-state index in [0.717, 1.165) is 22.5 Å². The van der Waals surface area contributed by atoms with Gasteiger partial charge in [0.2, 0.25) is 5.91 Å².